The molecule has 4 nitrogen and oxygen atoms in total. The first-order chi connectivity index (χ1) is 10.0. The van der Waals surface area contributed by atoms with E-state index in [-0.39, 0.29) is 6.61 Å². The number of nitrogens with one attached hydrogen (secondary N) is 1. The number of benzene rings is 1. The van der Waals surface area contributed by atoms with E-state index in [1.165, 1.54) is 0 Å². The molecule has 1 aromatic rings. The second-order valence-corrected chi connectivity index (χ2v) is 5.93. The Kier molecular flexibility index (Phi) is 8.69. The third kappa shape index (κ3) is 7.67. The number of halogens is 1. The van der Waals surface area contributed by atoms with E-state index < -0.39 is 6.10 Å². The third-order valence-corrected chi connectivity index (χ3v) is 3.71. The lowest BCUT2D eigenvalue weighted by atomic mass is 10.3. The van der Waals surface area contributed by atoms with E-state index >= 15 is 0 Å². The molecule has 0 amide bonds. The Morgan fingerprint density at radius 1 is 1.33 bits per heavy atom. The normalized spacial score (nSPS) is 12.9. The van der Waals surface area contributed by atoms with Crippen molar-refractivity contribution in [2.45, 2.75) is 32.4 Å². The summed E-state index contributed by atoms with van der Waals surface area (Å²) in [5.74, 6) is 0.608. The van der Waals surface area contributed by atoms with Crippen LogP contribution in [0, 0.1) is 0 Å². The van der Waals surface area contributed by atoms with E-state index in [4.69, 9.17) is 16.3 Å². The zero-order chi connectivity index (χ0) is 15.7. The van der Waals surface area contributed by atoms with E-state index in [0.717, 1.165) is 19.5 Å². The molecule has 0 aliphatic heterocycles. The molecule has 0 aromatic heterocycles. The van der Waals surface area contributed by atoms with Gasteiger partial charge >= 0.3 is 0 Å². The minimum atomic E-state index is -0.538. The number of ether oxygens (including phenoxy) is 1. The fourth-order valence-electron chi connectivity index (χ4n) is 1.79. The molecule has 120 valence electrons. The summed E-state index contributed by atoms with van der Waals surface area (Å²) in [6.07, 6.45) is 0.524. The summed E-state index contributed by atoms with van der Waals surface area (Å²) in [6.45, 7) is 7.07. The molecular formula is C16H27ClN2O2. The summed E-state index contributed by atoms with van der Waals surface area (Å²) < 4.78 is 5.50. The van der Waals surface area contributed by atoms with Crippen LogP contribution in [0.15, 0.2) is 24.3 Å². The second-order valence-electron chi connectivity index (χ2n) is 5.53. The van der Waals surface area contributed by atoms with Gasteiger partial charge in [0.05, 0.1) is 5.02 Å². The largest absolute Gasteiger partial charge is 0.489 e. The topological polar surface area (TPSA) is 44.7 Å². The minimum Gasteiger partial charge on any atom is -0.489 e. The van der Waals surface area contributed by atoms with Crippen LogP contribution in [0.5, 0.6) is 5.75 Å². The standard InChI is InChI=1S/C16H27ClN2O2/c1-13(2)19(3)10-6-9-18-11-14(20)12-21-16-8-5-4-7-15(16)17/h4-5,7-8,13-14,18,20H,6,9-12H2,1-3H3. The van der Waals surface area contributed by atoms with Crippen molar-refractivity contribution in [1.29, 1.82) is 0 Å². The lowest BCUT2D eigenvalue weighted by molar-refractivity contribution is 0.106. The molecule has 0 heterocycles. The molecule has 1 atom stereocenters. The van der Waals surface area contributed by atoms with Gasteiger partial charge in [-0.15, -0.1) is 0 Å². The average Bonchev–Trinajstić information content (AvgIpc) is 2.45. The number of para-hydroxylation sites is 1. The summed E-state index contributed by atoms with van der Waals surface area (Å²) in [4.78, 5) is 2.30. The Morgan fingerprint density at radius 2 is 2.05 bits per heavy atom. The van der Waals surface area contributed by atoms with E-state index in [1.807, 2.05) is 12.1 Å². The molecule has 0 saturated heterocycles. The predicted octanol–water partition coefficient (Wildman–Crippen LogP) is 2.40. The van der Waals surface area contributed by atoms with Gasteiger partial charge in [0, 0.05) is 12.6 Å². The highest BCUT2D eigenvalue weighted by atomic mass is 35.5. The van der Waals surface area contributed by atoms with Gasteiger partial charge in [-0.25, -0.2) is 0 Å². The van der Waals surface area contributed by atoms with Gasteiger partial charge < -0.3 is 20.1 Å². The molecular weight excluding hydrogens is 288 g/mol. The van der Waals surface area contributed by atoms with Crippen LogP contribution in [-0.4, -0.2) is 55.4 Å². The van der Waals surface area contributed by atoms with Crippen molar-refractivity contribution in [3.8, 4) is 5.75 Å². The highest BCUT2D eigenvalue weighted by Crippen LogP contribution is 2.22. The van der Waals surface area contributed by atoms with Gasteiger partial charge in [-0.05, 0) is 52.5 Å². The number of nitrogens with zero attached hydrogens (tertiary/aromatic N) is 1. The summed E-state index contributed by atoms with van der Waals surface area (Å²) in [5, 5.41) is 13.7. The van der Waals surface area contributed by atoms with E-state index in [9.17, 15) is 5.11 Å². The zero-order valence-electron chi connectivity index (χ0n) is 13.2. The van der Waals surface area contributed by atoms with Gasteiger partial charge in [-0.2, -0.15) is 0 Å². The molecule has 0 spiro atoms. The van der Waals surface area contributed by atoms with E-state index in [0.29, 0.717) is 23.4 Å². The van der Waals surface area contributed by atoms with Gasteiger partial charge in [0.25, 0.3) is 0 Å². The number of rotatable bonds is 10. The Balaban J connectivity index is 2.09. The second kappa shape index (κ2) is 10.0. The monoisotopic (exact) mass is 314 g/mol. The Hall–Kier alpha value is -0.810. The van der Waals surface area contributed by atoms with Crippen LogP contribution in [0.1, 0.15) is 20.3 Å². The Bertz CT molecular complexity index is 402. The molecule has 0 saturated carbocycles. The van der Waals surface area contributed by atoms with E-state index in [1.54, 1.807) is 12.1 Å². The summed E-state index contributed by atoms with van der Waals surface area (Å²) in [7, 11) is 2.12. The zero-order valence-corrected chi connectivity index (χ0v) is 13.9. The maximum Gasteiger partial charge on any atom is 0.138 e. The van der Waals surface area contributed by atoms with Gasteiger partial charge in [-0.1, -0.05) is 23.7 Å². The molecule has 1 aromatic carbocycles. The van der Waals surface area contributed by atoms with Crippen LogP contribution >= 0.6 is 11.6 Å². The van der Waals surface area contributed by atoms with Crippen molar-refractivity contribution >= 4 is 11.6 Å². The van der Waals surface area contributed by atoms with Crippen molar-refractivity contribution in [3.63, 3.8) is 0 Å². The number of hydrogen-bond donors (Lipinski definition) is 2. The van der Waals surface area contributed by atoms with Crippen LogP contribution in [-0.2, 0) is 0 Å². The van der Waals surface area contributed by atoms with Gasteiger partial charge in [0.15, 0.2) is 0 Å². The molecule has 0 aliphatic rings. The van der Waals surface area contributed by atoms with Gasteiger partial charge in [-0.3, -0.25) is 0 Å². The lowest BCUT2D eigenvalue weighted by Gasteiger charge is -2.21. The fourth-order valence-corrected chi connectivity index (χ4v) is 1.98. The smallest absolute Gasteiger partial charge is 0.138 e. The molecule has 1 rings (SSSR count). The van der Waals surface area contributed by atoms with E-state index in [2.05, 4.69) is 31.1 Å². The maximum atomic E-state index is 9.86. The summed E-state index contributed by atoms with van der Waals surface area (Å²) >= 11 is 5.98. The SMILES string of the molecule is CC(C)N(C)CCCNCC(O)COc1ccccc1Cl. The fraction of sp³-hybridized carbons (Fsp3) is 0.625. The number of aliphatic hydroxyl groups excluding tert-OH is 1. The lowest BCUT2D eigenvalue weighted by Crippen LogP contribution is -2.34. The van der Waals surface area contributed by atoms with Gasteiger partial charge in [0.2, 0.25) is 0 Å². The Morgan fingerprint density at radius 3 is 2.71 bits per heavy atom. The third-order valence-electron chi connectivity index (χ3n) is 3.39. The molecule has 1 unspecified atom stereocenters. The van der Waals surface area contributed by atoms with Crippen LogP contribution < -0.4 is 10.1 Å². The van der Waals surface area contributed by atoms with Crippen molar-refractivity contribution in [2.24, 2.45) is 0 Å². The van der Waals surface area contributed by atoms with Gasteiger partial charge in [0.1, 0.15) is 18.5 Å². The summed E-state index contributed by atoms with van der Waals surface area (Å²) in [5.41, 5.74) is 0. The molecule has 5 heteroatoms. The molecule has 2 N–H and O–H groups in total. The first-order valence-electron chi connectivity index (χ1n) is 7.47. The van der Waals surface area contributed by atoms with Crippen LogP contribution in [0.2, 0.25) is 5.02 Å². The molecule has 0 radical (unpaired) electrons. The highest BCUT2D eigenvalue weighted by Gasteiger charge is 2.07. The van der Waals surface area contributed by atoms with Crippen molar-refractivity contribution in [2.75, 3.05) is 33.3 Å². The first kappa shape index (κ1) is 18.2. The highest BCUT2D eigenvalue weighted by molar-refractivity contribution is 6.32. The Labute approximate surface area is 133 Å². The average molecular weight is 315 g/mol. The maximum absolute atomic E-state index is 9.86. The van der Waals surface area contributed by atoms with Crippen LogP contribution in [0.3, 0.4) is 0 Å². The van der Waals surface area contributed by atoms with Crippen molar-refractivity contribution in [1.82, 2.24) is 10.2 Å². The summed E-state index contributed by atoms with van der Waals surface area (Å²) in [6, 6.07) is 7.84. The molecule has 0 fully saturated rings. The number of hydrogen-bond acceptors (Lipinski definition) is 4. The van der Waals surface area contributed by atoms with Crippen molar-refractivity contribution in [3.05, 3.63) is 29.3 Å². The molecule has 21 heavy (non-hydrogen) atoms. The quantitative estimate of drug-likeness (QED) is 0.651. The first-order valence-corrected chi connectivity index (χ1v) is 7.85. The van der Waals surface area contributed by atoms with Crippen LogP contribution in [0.25, 0.3) is 0 Å². The molecule has 0 bridgehead atoms. The predicted molar refractivity (Wildman–Crippen MR) is 88.2 cm³/mol. The minimum absolute atomic E-state index is 0.239. The van der Waals surface area contributed by atoms with Crippen LogP contribution in [0.4, 0.5) is 0 Å². The number of aliphatic hydroxyl groups is 1. The van der Waals surface area contributed by atoms with Crippen molar-refractivity contribution < 1.29 is 9.84 Å². The molecule has 0 aliphatic carbocycles.